The number of nitrogens with one attached hydrogen (secondary N) is 1. The van der Waals surface area contributed by atoms with Gasteiger partial charge < -0.3 is 14.5 Å². The number of rotatable bonds is 7. The van der Waals surface area contributed by atoms with E-state index in [2.05, 4.69) is 5.32 Å². The zero-order valence-corrected chi connectivity index (χ0v) is 14.4. The van der Waals surface area contributed by atoms with Crippen LogP contribution in [0.15, 0.2) is 71.1 Å². The van der Waals surface area contributed by atoms with E-state index in [0.717, 1.165) is 11.1 Å². The van der Waals surface area contributed by atoms with Crippen LogP contribution in [0.1, 0.15) is 26.5 Å². The van der Waals surface area contributed by atoms with E-state index in [1.807, 2.05) is 30.3 Å². The molecule has 0 aliphatic heterocycles. The van der Waals surface area contributed by atoms with E-state index >= 15 is 0 Å². The first-order chi connectivity index (χ1) is 13.2. The number of furan rings is 1. The molecule has 1 aromatic heterocycles. The lowest BCUT2D eigenvalue weighted by molar-refractivity contribution is -0.124. The topological polar surface area (TPSA) is 85.6 Å². The van der Waals surface area contributed by atoms with Crippen molar-refractivity contribution in [1.29, 1.82) is 0 Å². The molecular formula is C21H17NO5. The Balaban J connectivity index is 1.50. The number of ether oxygens (including phenoxy) is 1. The van der Waals surface area contributed by atoms with Gasteiger partial charge in [0.2, 0.25) is 0 Å². The number of hydrogen-bond acceptors (Lipinski definition) is 5. The van der Waals surface area contributed by atoms with Crippen LogP contribution in [0, 0.1) is 0 Å². The second-order valence-corrected chi connectivity index (χ2v) is 5.74. The van der Waals surface area contributed by atoms with Crippen molar-refractivity contribution in [1.82, 2.24) is 5.32 Å². The van der Waals surface area contributed by atoms with Gasteiger partial charge >= 0.3 is 5.97 Å². The van der Waals surface area contributed by atoms with E-state index in [0.29, 0.717) is 24.2 Å². The molecule has 0 saturated carbocycles. The summed E-state index contributed by atoms with van der Waals surface area (Å²) in [6.07, 6.45) is 0.623. The molecule has 1 amide bonds. The van der Waals surface area contributed by atoms with Crippen LogP contribution in [0.5, 0.6) is 0 Å². The average Bonchev–Trinajstić information content (AvgIpc) is 3.20. The Labute approximate surface area is 155 Å². The Morgan fingerprint density at radius 3 is 2.37 bits per heavy atom. The fourth-order valence-corrected chi connectivity index (χ4v) is 2.40. The lowest BCUT2D eigenvalue weighted by Gasteiger charge is -2.07. The molecular weight excluding hydrogens is 346 g/mol. The predicted molar refractivity (Wildman–Crippen MR) is 98.1 cm³/mol. The van der Waals surface area contributed by atoms with Crippen LogP contribution in [0.2, 0.25) is 0 Å². The maximum atomic E-state index is 12.0. The number of benzene rings is 2. The second kappa shape index (κ2) is 8.62. The van der Waals surface area contributed by atoms with Gasteiger partial charge in [-0.15, -0.1) is 0 Å². The largest absolute Gasteiger partial charge is 0.453 e. The van der Waals surface area contributed by atoms with Gasteiger partial charge in [0.05, 0.1) is 5.56 Å². The van der Waals surface area contributed by atoms with Crippen LogP contribution in [0.3, 0.4) is 0 Å². The number of amides is 1. The van der Waals surface area contributed by atoms with E-state index < -0.39 is 5.97 Å². The molecule has 0 saturated heterocycles. The maximum Gasteiger partial charge on any atom is 0.338 e. The molecule has 0 radical (unpaired) electrons. The first-order valence-corrected chi connectivity index (χ1v) is 8.29. The highest BCUT2D eigenvalue weighted by Crippen LogP contribution is 2.22. The van der Waals surface area contributed by atoms with Crippen LogP contribution < -0.4 is 5.32 Å². The lowest BCUT2D eigenvalue weighted by atomic mass is 10.1. The summed E-state index contributed by atoms with van der Waals surface area (Å²) in [7, 11) is 0. The second-order valence-electron chi connectivity index (χ2n) is 5.74. The van der Waals surface area contributed by atoms with Gasteiger partial charge in [-0.1, -0.05) is 42.5 Å². The zero-order valence-electron chi connectivity index (χ0n) is 14.4. The van der Waals surface area contributed by atoms with Gasteiger partial charge in [-0.25, -0.2) is 4.79 Å². The Morgan fingerprint density at radius 2 is 1.70 bits per heavy atom. The molecule has 0 aliphatic carbocycles. The van der Waals surface area contributed by atoms with Crippen molar-refractivity contribution in [2.75, 3.05) is 6.61 Å². The fraction of sp³-hybridized carbons (Fsp3) is 0.0952. The van der Waals surface area contributed by atoms with Crippen LogP contribution in [-0.4, -0.2) is 24.8 Å². The SMILES string of the molecule is O=Cc1ccc(-c2ccc(C(=O)OCC(=O)NCc3ccccc3)cc2)o1. The van der Waals surface area contributed by atoms with Crippen molar-refractivity contribution in [3.05, 3.63) is 83.6 Å². The normalized spacial score (nSPS) is 10.2. The zero-order chi connectivity index (χ0) is 19.1. The maximum absolute atomic E-state index is 12.0. The highest BCUT2D eigenvalue weighted by atomic mass is 16.5. The van der Waals surface area contributed by atoms with Crippen LogP contribution in [0.25, 0.3) is 11.3 Å². The van der Waals surface area contributed by atoms with Gasteiger partial charge in [-0.3, -0.25) is 9.59 Å². The lowest BCUT2D eigenvalue weighted by Crippen LogP contribution is -2.28. The number of esters is 1. The average molecular weight is 363 g/mol. The van der Waals surface area contributed by atoms with Gasteiger partial charge in [-0.2, -0.15) is 0 Å². The van der Waals surface area contributed by atoms with Crippen molar-refractivity contribution >= 4 is 18.2 Å². The van der Waals surface area contributed by atoms with Crippen molar-refractivity contribution in [3.63, 3.8) is 0 Å². The molecule has 1 heterocycles. The summed E-state index contributed by atoms with van der Waals surface area (Å²) in [6.45, 7) is 0.0200. The van der Waals surface area contributed by atoms with Crippen molar-refractivity contribution in [2.45, 2.75) is 6.54 Å². The molecule has 0 atom stereocenters. The van der Waals surface area contributed by atoms with Gasteiger partial charge in [-0.05, 0) is 29.8 Å². The van der Waals surface area contributed by atoms with E-state index in [9.17, 15) is 14.4 Å². The summed E-state index contributed by atoms with van der Waals surface area (Å²) in [4.78, 5) is 34.5. The smallest absolute Gasteiger partial charge is 0.338 e. The third-order valence-corrected chi connectivity index (χ3v) is 3.81. The molecule has 0 aliphatic rings. The molecule has 27 heavy (non-hydrogen) atoms. The molecule has 0 fully saturated rings. The summed E-state index contributed by atoms with van der Waals surface area (Å²) >= 11 is 0. The number of carbonyl (C=O) groups is 3. The first-order valence-electron chi connectivity index (χ1n) is 8.29. The predicted octanol–water partition coefficient (Wildman–Crippen LogP) is 3.23. The minimum atomic E-state index is -0.593. The van der Waals surface area contributed by atoms with Gasteiger partial charge in [0.1, 0.15) is 5.76 Å². The Morgan fingerprint density at radius 1 is 0.963 bits per heavy atom. The molecule has 3 rings (SSSR count). The van der Waals surface area contributed by atoms with Gasteiger partial charge in [0, 0.05) is 12.1 Å². The summed E-state index contributed by atoms with van der Waals surface area (Å²) in [6, 6.07) is 19.2. The van der Waals surface area contributed by atoms with Gasteiger partial charge in [0.25, 0.3) is 5.91 Å². The Bertz CT molecular complexity index is 929. The quantitative estimate of drug-likeness (QED) is 0.514. The van der Waals surface area contributed by atoms with Crippen LogP contribution in [-0.2, 0) is 16.1 Å². The molecule has 1 N–H and O–H groups in total. The molecule has 3 aromatic rings. The molecule has 136 valence electrons. The van der Waals surface area contributed by atoms with Crippen molar-refractivity contribution in [3.8, 4) is 11.3 Å². The Hall–Kier alpha value is -3.67. The minimum absolute atomic E-state index is 0.231. The summed E-state index contributed by atoms with van der Waals surface area (Å²) in [5, 5.41) is 2.69. The van der Waals surface area contributed by atoms with Crippen LogP contribution >= 0.6 is 0 Å². The Kier molecular flexibility index (Phi) is 5.79. The standard InChI is InChI=1S/C21H17NO5/c23-13-18-10-11-19(27-18)16-6-8-17(9-7-16)21(25)26-14-20(24)22-12-15-4-2-1-3-5-15/h1-11,13H,12,14H2,(H,22,24). The van der Waals surface area contributed by atoms with Crippen molar-refractivity contribution in [2.24, 2.45) is 0 Å². The van der Waals surface area contributed by atoms with Crippen molar-refractivity contribution < 1.29 is 23.5 Å². The highest BCUT2D eigenvalue weighted by Gasteiger charge is 2.11. The van der Waals surface area contributed by atoms with Crippen LogP contribution in [0.4, 0.5) is 0 Å². The summed E-state index contributed by atoms with van der Waals surface area (Å²) in [5.41, 5.74) is 2.00. The molecule has 2 aromatic carbocycles. The fourth-order valence-electron chi connectivity index (χ4n) is 2.40. The number of carbonyl (C=O) groups excluding carboxylic acids is 3. The molecule has 6 nitrogen and oxygen atoms in total. The highest BCUT2D eigenvalue weighted by molar-refractivity contribution is 5.91. The van der Waals surface area contributed by atoms with E-state index in [1.165, 1.54) is 0 Å². The molecule has 0 bridgehead atoms. The van der Waals surface area contributed by atoms with Gasteiger partial charge in [0.15, 0.2) is 18.7 Å². The molecule has 6 heteroatoms. The minimum Gasteiger partial charge on any atom is -0.453 e. The third kappa shape index (κ3) is 4.92. The molecule has 0 unspecified atom stereocenters. The number of aldehydes is 1. The van der Waals surface area contributed by atoms with E-state index in [1.54, 1.807) is 36.4 Å². The van der Waals surface area contributed by atoms with E-state index in [-0.39, 0.29) is 18.3 Å². The first kappa shape index (κ1) is 18.1. The molecule has 0 spiro atoms. The van der Waals surface area contributed by atoms with E-state index in [4.69, 9.17) is 9.15 Å². The monoisotopic (exact) mass is 363 g/mol. The third-order valence-electron chi connectivity index (χ3n) is 3.81. The summed E-state index contributed by atoms with van der Waals surface area (Å²) < 4.78 is 10.3. The number of hydrogen-bond donors (Lipinski definition) is 1. The summed E-state index contributed by atoms with van der Waals surface area (Å²) in [5.74, 6) is -0.211.